The maximum Gasteiger partial charge on any atom is 0.227 e. The van der Waals surface area contributed by atoms with Crippen molar-refractivity contribution in [2.24, 2.45) is 0 Å². The van der Waals surface area contributed by atoms with E-state index in [4.69, 9.17) is 14.7 Å². The van der Waals surface area contributed by atoms with Gasteiger partial charge in [-0.1, -0.05) is 0 Å². The fraction of sp³-hybridized carbons (Fsp3) is 0.611. The van der Waals surface area contributed by atoms with Crippen LogP contribution in [-0.4, -0.2) is 60.4 Å². The van der Waals surface area contributed by atoms with Crippen molar-refractivity contribution in [3.8, 4) is 0 Å². The van der Waals surface area contributed by atoms with E-state index in [9.17, 15) is 0 Å². The van der Waals surface area contributed by atoms with E-state index >= 15 is 0 Å². The predicted molar refractivity (Wildman–Crippen MR) is 103 cm³/mol. The van der Waals surface area contributed by atoms with Gasteiger partial charge >= 0.3 is 0 Å². The van der Waals surface area contributed by atoms with Crippen LogP contribution in [0.3, 0.4) is 0 Å². The molecule has 2 aromatic heterocycles. The van der Waals surface area contributed by atoms with Gasteiger partial charge in [-0.25, -0.2) is 9.97 Å². The summed E-state index contributed by atoms with van der Waals surface area (Å²) in [6.45, 7) is 5.26. The van der Waals surface area contributed by atoms with Crippen molar-refractivity contribution >= 4 is 28.2 Å². The molecule has 1 atom stereocenters. The van der Waals surface area contributed by atoms with Gasteiger partial charge in [0, 0.05) is 43.3 Å². The number of fused-ring (bicyclic) bond motifs is 1. The van der Waals surface area contributed by atoms with Crippen LogP contribution in [0.15, 0.2) is 12.3 Å². The Balaban J connectivity index is 1.23. The number of thiazole rings is 1. The molecule has 1 unspecified atom stereocenters. The monoisotopic (exact) mass is 372 g/mol. The number of ether oxygens (including phenoxy) is 1. The van der Waals surface area contributed by atoms with Crippen LogP contribution in [0.4, 0.5) is 16.9 Å². The highest BCUT2D eigenvalue weighted by Gasteiger charge is 2.27. The van der Waals surface area contributed by atoms with Gasteiger partial charge in [0.05, 0.1) is 18.9 Å². The normalized spacial score (nSPS) is 22.7. The molecule has 0 amide bonds. The summed E-state index contributed by atoms with van der Waals surface area (Å²) in [5, 5.41) is 4.80. The lowest BCUT2D eigenvalue weighted by Gasteiger charge is -2.27. The minimum atomic E-state index is 0.404. The molecule has 5 rings (SSSR count). The highest BCUT2D eigenvalue weighted by molar-refractivity contribution is 7.15. The van der Waals surface area contributed by atoms with Crippen molar-refractivity contribution in [3.05, 3.63) is 22.8 Å². The molecule has 2 saturated heterocycles. The molecule has 0 radical (unpaired) electrons. The molecule has 3 aliphatic rings. The second-order valence-corrected chi connectivity index (χ2v) is 8.20. The molecule has 0 saturated carbocycles. The van der Waals surface area contributed by atoms with Crippen LogP contribution in [0.5, 0.6) is 0 Å². The first-order valence-corrected chi connectivity index (χ1v) is 10.3. The van der Waals surface area contributed by atoms with E-state index in [-0.39, 0.29) is 0 Å². The second-order valence-electron chi connectivity index (χ2n) is 7.14. The summed E-state index contributed by atoms with van der Waals surface area (Å²) in [4.78, 5) is 20.1. The predicted octanol–water partition coefficient (Wildman–Crippen LogP) is 1.95. The van der Waals surface area contributed by atoms with Gasteiger partial charge in [0.25, 0.3) is 0 Å². The largest absolute Gasteiger partial charge is 0.378 e. The molecule has 0 spiro atoms. The standard InChI is InChI=1S/C18H24N6OS/c1-2-14-15(3-1)26-18(21-14)24-7-5-13(12-24)20-16-4-6-19-17(22-16)23-8-10-25-11-9-23/h4,6,13H,1-3,5,7-12H2,(H,19,20,22). The van der Waals surface area contributed by atoms with Crippen molar-refractivity contribution in [2.75, 3.05) is 54.5 Å². The molecule has 4 heterocycles. The molecule has 0 bridgehead atoms. The van der Waals surface area contributed by atoms with Gasteiger partial charge in [0.15, 0.2) is 5.13 Å². The Hall–Kier alpha value is -1.93. The third kappa shape index (κ3) is 3.23. The molecule has 26 heavy (non-hydrogen) atoms. The maximum absolute atomic E-state index is 5.41. The minimum absolute atomic E-state index is 0.404. The first-order chi connectivity index (χ1) is 12.8. The van der Waals surface area contributed by atoms with Crippen molar-refractivity contribution in [1.82, 2.24) is 15.0 Å². The zero-order valence-corrected chi connectivity index (χ0v) is 15.7. The summed E-state index contributed by atoms with van der Waals surface area (Å²) in [5.41, 5.74) is 1.34. The first-order valence-electron chi connectivity index (χ1n) is 9.51. The molecule has 2 aromatic rings. The third-order valence-corrected chi connectivity index (χ3v) is 6.55. The highest BCUT2D eigenvalue weighted by atomic mass is 32.1. The Bertz CT molecular complexity index is 753. The van der Waals surface area contributed by atoms with E-state index in [0.717, 1.165) is 64.0 Å². The van der Waals surface area contributed by atoms with E-state index in [2.05, 4.69) is 20.1 Å². The minimum Gasteiger partial charge on any atom is -0.378 e. The molecule has 7 nitrogen and oxygen atoms in total. The first kappa shape index (κ1) is 16.3. The molecule has 1 N–H and O–H groups in total. The molecular weight excluding hydrogens is 348 g/mol. The van der Waals surface area contributed by atoms with Crippen molar-refractivity contribution in [3.63, 3.8) is 0 Å². The Morgan fingerprint density at radius 3 is 2.92 bits per heavy atom. The number of anilines is 3. The average molecular weight is 372 g/mol. The number of aromatic nitrogens is 3. The van der Waals surface area contributed by atoms with Crippen LogP contribution in [0, 0.1) is 0 Å². The van der Waals surface area contributed by atoms with E-state index in [1.807, 2.05) is 23.6 Å². The molecular formula is C18H24N6OS. The summed E-state index contributed by atoms with van der Waals surface area (Å²) in [6.07, 6.45) is 6.61. The third-order valence-electron chi connectivity index (χ3n) is 5.33. The molecule has 8 heteroatoms. The van der Waals surface area contributed by atoms with Crippen LogP contribution in [0.25, 0.3) is 0 Å². The number of hydrogen-bond donors (Lipinski definition) is 1. The average Bonchev–Trinajstić information content (AvgIpc) is 3.38. The van der Waals surface area contributed by atoms with Crippen molar-refractivity contribution in [1.29, 1.82) is 0 Å². The zero-order valence-electron chi connectivity index (χ0n) is 14.9. The number of rotatable bonds is 4. The topological polar surface area (TPSA) is 66.4 Å². The van der Waals surface area contributed by atoms with Crippen LogP contribution in [0.1, 0.15) is 23.4 Å². The van der Waals surface area contributed by atoms with Crippen LogP contribution >= 0.6 is 11.3 Å². The quantitative estimate of drug-likeness (QED) is 0.880. The Kier molecular flexibility index (Phi) is 4.38. The number of morpholine rings is 1. The number of aryl methyl sites for hydroxylation is 2. The lowest BCUT2D eigenvalue weighted by Crippen LogP contribution is -2.37. The molecule has 2 aliphatic heterocycles. The molecule has 2 fully saturated rings. The van der Waals surface area contributed by atoms with Crippen LogP contribution in [-0.2, 0) is 17.6 Å². The zero-order chi connectivity index (χ0) is 17.3. The number of nitrogens with zero attached hydrogens (tertiary/aromatic N) is 5. The summed E-state index contributed by atoms with van der Waals surface area (Å²) >= 11 is 1.89. The van der Waals surface area contributed by atoms with E-state index in [1.54, 1.807) is 0 Å². The number of nitrogens with one attached hydrogen (secondary N) is 1. The van der Waals surface area contributed by atoms with Crippen molar-refractivity contribution < 1.29 is 4.74 Å². The molecule has 138 valence electrons. The van der Waals surface area contributed by atoms with E-state index in [1.165, 1.54) is 28.5 Å². The Labute approximate surface area is 157 Å². The summed E-state index contributed by atoms with van der Waals surface area (Å²) in [7, 11) is 0. The van der Waals surface area contributed by atoms with Gasteiger partial charge in [0.1, 0.15) is 5.82 Å². The SMILES string of the molecule is c1cc(NC2CCN(c3nc4c(s3)CCC4)C2)nc(N2CCOCC2)n1. The lowest BCUT2D eigenvalue weighted by molar-refractivity contribution is 0.122. The van der Waals surface area contributed by atoms with Crippen LogP contribution in [0.2, 0.25) is 0 Å². The van der Waals surface area contributed by atoms with Gasteiger partial charge in [0.2, 0.25) is 5.95 Å². The summed E-state index contributed by atoms with van der Waals surface area (Å²) in [6, 6.07) is 2.37. The summed E-state index contributed by atoms with van der Waals surface area (Å²) in [5.74, 6) is 1.71. The van der Waals surface area contributed by atoms with Crippen molar-refractivity contribution in [2.45, 2.75) is 31.7 Å². The maximum atomic E-state index is 5.41. The van der Waals surface area contributed by atoms with Gasteiger partial charge in [-0.05, 0) is 31.7 Å². The second kappa shape index (κ2) is 7.00. The number of hydrogen-bond acceptors (Lipinski definition) is 8. The van der Waals surface area contributed by atoms with Gasteiger partial charge in [-0.15, -0.1) is 11.3 Å². The Morgan fingerprint density at radius 2 is 2.04 bits per heavy atom. The lowest BCUT2D eigenvalue weighted by atomic mass is 10.2. The molecule has 0 aromatic carbocycles. The van der Waals surface area contributed by atoms with Gasteiger partial charge < -0.3 is 19.9 Å². The van der Waals surface area contributed by atoms with Crippen LogP contribution < -0.4 is 15.1 Å². The smallest absolute Gasteiger partial charge is 0.227 e. The fourth-order valence-corrected chi connectivity index (χ4v) is 5.10. The Morgan fingerprint density at radius 1 is 1.12 bits per heavy atom. The van der Waals surface area contributed by atoms with E-state index < -0.39 is 0 Å². The van der Waals surface area contributed by atoms with Gasteiger partial charge in [-0.2, -0.15) is 4.98 Å². The van der Waals surface area contributed by atoms with Gasteiger partial charge in [-0.3, -0.25) is 0 Å². The fourth-order valence-electron chi connectivity index (χ4n) is 3.92. The highest BCUT2D eigenvalue weighted by Crippen LogP contribution is 2.34. The molecule has 1 aliphatic carbocycles. The summed E-state index contributed by atoms with van der Waals surface area (Å²) < 4.78 is 5.41. The van der Waals surface area contributed by atoms with E-state index in [0.29, 0.717) is 6.04 Å².